The molecule has 102 heavy (non-hydrogen) atoms. The maximum atomic E-state index is 14.1. The molecule has 6 unspecified atom stereocenters. The molecule has 3 aliphatic heterocycles. The Balaban J connectivity index is 0.991. The van der Waals surface area contributed by atoms with Crippen LogP contribution in [-0.2, 0) is 135 Å². The van der Waals surface area contributed by atoms with Gasteiger partial charge in [-0.05, 0) is 55.8 Å². The maximum absolute atomic E-state index is 14.1. The summed E-state index contributed by atoms with van der Waals surface area (Å²) in [5.41, 5.74) is 7.65. The van der Waals surface area contributed by atoms with E-state index in [1.165, 1.54) is 6.92 Å². The van der Waals surface area contributed by atoms with Gasteiger partial charge in [0, 0.05) is 6.92 Å². The first kappa shape index (κ1) is 74.0. The van der Waals surface area contributed by atoms with Crippen LogP contribution < -0.4 is 0 Å². The van der Waals surface area contributed by atoms with E-state index in [1.807, 2.05) is 273 Å². The van der Waals surface area contributed by atoms with Gasteiger partial charge in [0.05, 0.1) is 79.3 Å². The highest BCUT2D eigenvalue weighted by Crippen LogP contribution is 2.41. The van der Waals surface area contributed by atoms with E-state index in [2.05, 4.69) is 6.92 Å². The number of carbonyl (C=O) groups excluding carboxylic acids is 1. The standard InChI is InChI=1S/C85H92O16S/c1-3-102-85-82(79(95-57-70-47-29-12-30-48-70)76(92-54-67-41-23-9-24-42-67)73(99-85)60-89-51-64-35-17-6-18-36-64)101-84-81(78(94-56-69-45-27-11-28-46-69)75(91-53-66-39-21-8-22-40-66)72(98-84)59-88-50-63-33-15-5-16-34-63)100-83-80(96-61(2)86)77(93-55-68-43-25-10-26-44-68)74(90-52-65-37-19-7-20-38-65)71(97-83)58-87-49-62-31-13-4-14-32-62/h4-48,71-85H,3,49-60H2,1-2H3/t71?,72?,73?,74-,75-,76-,77-,78-,79-,80?,81?,82?,83-,84-,85+/m1/s1. The first-order valence-electron chi connectivity index (χ1n) is 35.2. The van der Waals surface area contributed by atoms with Crippen LogP contribution in [0.3, 0.4) is 0 Å². The lowest BCUT2D eigenvalue weighted by molar-refractivity contribution is -0.391. The Labute approximate surface area is 603 Å². The first-order valence-corrected chi connectivity index (χ1v) is 36.3. The number of hydrogen-bond donors (Lipinski definition) is 0. The molecule has 9 aromatic carbocycles. The van der Waals surface area contributed by atoms with Crippen LogP contribution in [0.2, 0.25) is 0 Å². The van der Waals surface area contributed by atoms with Gasteiger partial charge in [-0.1, -0.05) is 280 Å². The fraction of sp³-hybridized carbons (Fsp3) is 0.353. The van der Waals surface area contributed by atoms with Gasteiger partial charge in [-0.25, -0.2) is 0 Å². The summed E-state index contributed by atoms with van der Waals surface area (Å²) in [6.45, 7) is 5.37. The van der Waals surface area contributed by atoms with Crippen LogP contribution in [0, 0.1) is 0 Å². The van der Waals surface area contributed by atoms with E-state index < -0.39 is 97.2 Å². The summed E-state index contributed by atoms with van der Waals surface area (Å²) in [7, 11) is 0. The third kappa shape index (κ3) is 21.9. The zero-order valence-corrected chi connectivity index (χ0v) is 58.6. The topological polar surface area (TPSA) is 156 Å². The zero-order valence-electron chi connectivity index (χ0n) is 57.8. The molecule has 0 aliphatic carbocycles. The highest BCUT2D eigenvalue weighted by atomic mass is 32.2. The average Bonchev–Trinajstić information content (AvgIpc) is 0.763. The number of ether oxygens (including phenoxy) is 15. The summed E-state index contributed by atoms with van der Waals surface area (Å²) in [5.74, 6) is 0.00488. The second kappa shape index (κ2) is 39.8. The number of esters is 1. The summed E-state index contributed by atoms with van der Waals surface area (Å²) in [4.78, 5) is 14.1. The van der Waals surface area contributed by atoms with Crippen molar-refractivity contribution in [2.75, 3.05) is 25.6 Å². The molecule has 0 amide bonds. The van der Waals surface area contributed by atoms with Crippen LogP contribution >= 0.6 is 11.8 Å². The molecule has 0 N–H and O–H groups in total. The summed E-state index contributed by atoms with van der Waals surface area (Å²) >= 11 is 1.57. The van der Waals surface area contributed by atoms with E-state index in [9.17, 15) is 4.79 Å². The van der Waals surface area contributed by atoms with E-state index in [4.69, 9.17) is 71.1 Å². The Hall–Kier alpha value is -7.76. The molecule has 12 rings (SSSR count). The molecule has 0 radical (unpaired) electrons. The van der Waals surface area contributed by atoms with E-state index in [0.29, 0.717) is 12.4 Å². The molecule has 0 spiro atoms. The normalized spacial score (nSPS) is 25.0. The Morgan fingerprint density at radius 3 is 0.814 bits per heavy atom. The van der Waals surface area contributed by atoms with Crippen molar-refractivity contribution in [2.45, 2.75) is 165 Å². The molecular weight excluding hydrogens is 1310 g/mol. The Morgan fingerprint density at radius 2 is 0.529 bits per heavy atom. The van der Waals surface area contributed by atoms with Crippen LogP contribution in [-0.4, -0.2) is 123 Å². The number of carbonyl (C=O) groups is 1. The van der Waals surface area contributed by atoms with Crippen LogP contribution in [0.25, 0.3) is 0 Å². The highest BCUT2D eigenvalue weighted by Gasteiger charge is 2.58. The fourth-order valence-electron chi connectivity index (χ4n) is 12.8. The fourth-order valence-corrected chi connectivity index (χ4v) is 13.8. The molecule has 534 valence electrons. The minimum Gasteiger partial charge on any atom is -0.454 e. The molecule has 0 aromatic heterocycles. The van der Waals surface area contributed by atoms with Gasteiger partial charge >= 0.3 is 5.97 Å². The van der Waals surface area contributed by atoms with Gasteiger partial charge in [0.15, 0.2) is 18.7 Å². The smallest absolute Gasteiger partial charge is 0.303 e. The molecule has 9 aromatic rings. The summed E-state index contributed by atoms with van der Waals surface area (Å²) in [6.07, 6.45) is -14.5. The molecule has 3 aliphatic rings. The summed E-state index contributed by atoms with van der Waals surface area (Å²) in [6, 6.07) is 89.5. The third-order valence-corrected chi connectivity index (χ3v) is 18.9. The zero-order chi connectivity index (χ0) is 69.8. The third-order valence-electron chi connectivity index (χ3n) is 17.9. The van der Waals surface area contributed by atoms with Gasteiger partial charge in [0.2, 0.25) is 0 Å². The lowest BCUT2D eigenvalue weighted by Crippen LogP contribution is -2.68. The Morgan fingerprint density at radius 1 is 0.294 bits per heavy atom. The van der Waals surface area contributed by atoms with Crippen LogP contribution in [0.15, 0.2) is 273 Å². The van der Waals surface area contributed by atoms with Crippen molar-refractivity contribution in [3.05, 3.63) is 323 Å². The van der Waals surface area contributed by atoms with Crippen molar-refractivity contribution >= 4 is 17.7 Å². The minimum atomic E-state index is -1.46. The number of thioether (sulfide) groups is 1. The number of hydrogen-bond acceptors (Lipinski definition) is 17. The highest BCUT2D eigenvalue weighted by molar-refractivity contribution is 7.99. The lowest BCUT2D eigenvalue weighted by atomic mass is 9.95. The molecule has 17 heteroatoms. The van der Waals surface area contributed by atoms with Crippen molar-refractivity contribution in [1.82, 2.24) is 0 Å². The van der Waals surface area contributed by atoms with Gasteiger partial charge in [0.1, 0.15) is 72.6 Å². The predicted octanol–water partition coefficient (Wildman–Crippen LogP) is 14.8. The van der Waals surface area contributed by atoms with Gasteiger partial charge in [-0.2, -0.15) is 0 Å². The maximum Gasteiger partial charge on any atom is 0.303 e. The van der Waals surface area contributed by atoms with E-state index >= 15 is 0 Å². The number of rotatable bonds is 37. The van der Waals surface area contributed by atoms with Gasteiger partial charge in [0.25, 0.3) is 0 Å². The molecule has 15 atom stereocenters. The first-order chi connectivity index (χ1) is 50.4. The Kier molecular flexibility index (Phi) is 28.8. The van der Waals surface area contributed by atoms with Crippen molar-refractivity contribution in [1.29, 1.82) is 0 Å². The molecule has 0 bridgehead atoms. The van der Waals surface area contributed by atoms with E-state index in [0.717, 1.165) is 50.1 Å². The van der Waals surface area contributed by atoms with Gasteiger partial charge in [-0.3, -0.25) is 4.79 Å². The molecule has 3 heterocycles. The van der Waals surface area contributed by atoms with Gasteiger partial charge in [-0.15, -0.1) is 11.8 Å². The Bertz CT molecular complexity index is 3770. The van der Waals surface area contributed by atoms with Crippen molar-refractivity contribution in [3.8, 4) is 0 Å². The molecule has 3 fully saturated rings. The predicted molar refractivity (Wildman–Crippen MR) is 388 cm³/mol. The van der Waals surface area contributed by atoms with E-state index in [-0.39, 0.29) is 72.7 Å². The lowest BCUT2D eigenvalue weighted by Gasteiger charge is -2.52. The molecule has 16 nitrogen and oxygen atoms in total. The molecule has 3 saturated heterocycles. The SMILES string of the molecule is CCS[C@@H]1OC(COCc2ccccc2)[C@@H](OCc2ccccc2)[C@@H](OCc2ccccc2)C1O[C@H]1OC(COCc2ccccc2)[C@@H](OCc2ccccc2)[C@@H](OCc2ccccc2)C1O[C@H]1OC(COCc2ccccc2)[C@@H](OCc2ccccc2)[C@@H](OCc2ccccc2)C1OC(C)=O. The second-order valence-electron chi connectivity index (χ2n) is 25.4. The average molecular weight is 1400 g/mol. The van der Waals surface area contributed by atoms with Crippen molar-refractivity contribution in [3.63, 3.8) is 0 Å². The summed E-state index contributed by atoms with van der Waals surface area (Å²) in [5, 5.41) is 0. The van der Waals surface area contributed by atoms with Crippen molar-refractivity contribution in [2.24, 2.45) is 0 Å². The van der Waals surface area contributed by atoms with Gasteiger partial charge < -0.3 is 71.1 Å². The molecular formula is C85H92O16S. The number of benzene rings is 9. The molecule has 0 saturated carbocycles. The summed E-state index contributed by atoms with van der Waals surface area (Å²) < 4.78 is 108. The van der Waals surface area contributed by atoms with Crippen LogP contribution in [0.1, 0.15) is 63.9 Å². The minimum absolute atomic E-state index is 0.00123. The quantitative estimate of drug-likeness (QED) is 0.0339. The monoisotopic (exact) mass is 1400 g/mol. The van der Waals surface area contributed by atoms with Crippen LogP contribution in [0.4, 0.5) is 0 Å². The van der Waals surface area contributed by atoms with Crippen molar-refractivity contribution < 1.29 is 75.8 Å². The van der Waals surface area contributed by atoms with Crippen LogP contribution in [0.5, 0.6) is 0 Å². The largest absolute Gasteiger partial charge is 0.454 e. The second-order valence-corrected chi connectivity index (χ2v) is 26.8. The van der Waals surface area contributed by atoms with E-state index in [1.54, 1.807) is 11.8 Å².